The van der Waals surface area contributed by atoms with Crippen molar-refractivity contribution in [3.8, 4) is 0 Å². The molecule has 1 aromatic heterocycles. The number of carbonyl (C=O) groups is 3. The van der Waals surface area contributed by atoms with Crippen LogP contribution in [0.3, 0.4) is 0 Å². The van der Waals surface area contributed by atoms with Gasteiger partial charge in [0.05, 0.1) is 12.7 Å². The largest absolute Gasteiger partial charge is 0.469 e. The summed E-state index contributed by atoms with van der Waals surface area (Å²) >= 11 is 1.56. The van der Waals surface area contributed by atoms with Gasteiger partial charge in [0.15, 0.2) is 0 Å². The number of fused-ring (bicyclic) bond motifs is 2. The molecule has 0 aromatic carbocycles. The molecule has 3 aliphatic rings. The molecule has 0 aliphatic carbocycles. The summed E-state index contributed by atoms with van der Waals surface area (Å²) < 4.78 is 10.8. The van der Waals surface area contributed by atoms with Gasteiger partial charge in [-0.15, -0.1) is 11.8 Å². The van der Waals surface area contributed by atoms with Crippen LogP contribution in [0.1, 0.15) is 32.4 Å². The molecule has 4 heterocycles. The van der Waals surface area contributed by atoms with Gasteiger partial charge in [0.25, 0.3) is 5.91 Å². The maximum absolute atomic E-state index is 12.6. The van der Waals surface area contributed by atoms with Crippen LogP contribution in [0.5, 0.6) is 0 Å². The van der Waals surface area contributed by atoms with E-state index >= 15 is 0 Å². The molecule has 138 valence electrons. The highest BCUT2D eigenvalue weighted by Gasteiger charge is 2.59. The summed E-state index contributed by atoms with van der Waals surface area (Å²) in [5, 5.41) is 2.50. The van der Waals surface area contributed by atoms with E-state index in [4.69, 9.17) is 9.15 Å². The smallest absolute Gasteiger partial charge is 0.356 e. The van der Waals surface area contributed by atoms with E-state index in [0.717, 1.165) is 5.57 Å². The highest BCUT2D eigenvalue weighted by molar-refractivity contribution is 8.00. The first-order valence-electron chi connectivity index (χ1n) is 8.74. The SMILES string of the molecule is CCC1(CC)OC(=O)C2=C1CS[C@H]1C(NC(=O)Cc3ccco3)C(=O)N21. The third-order valence-electron chi connectivity index (χ3n) is 5.37. The Bertz CT molecular complexity index is 797. The van der Waals surface area contributed by atoms with Crippen molar-refractivity contribution in [3.05, 3.63) is 35.4 Å². The zero-order valence-corrected chi connectivity index (χ0v) is 15.4. The Morgan fingerprint density at radius 1 is 1.38 bits per heavy atom. The first-order valence-corrected chi connectivity index (χ1v) is 9.79. The predicted octanol–water partition coefficient (Wildman–Crippen LogP) is 1.59. The number of hydrogen-bond acceptors (Lipinski definition) is 6. The van der Waals surface area contributed by atoms with E-state index in [-0.39, 0.29) is 23.6 Å². The number of rotatable bonds is 5. The predicted molar refractivity (Wildman–Crippen MR) is 93.9 cm³/mol. The van der Waals surface area contributed by atoms with Crippen LogP contribution < -0.4 is 5.32 Å². The molecule has 3 aliphatic heterocycles. The number of nitrogens with zero attached hydrogens (tertiary/aromatic N) is 1. The quantitative estimate of drug-likeness (QED) is 0.620. The van der Waals surface area contributed by atoms with Crippen LogP contribution in [-0.4, -0.2) is 45.5 Å². The Hall–Kier alpha value is -2.22. The van der Waals surface area contributed by atoms with Gasteiger partial charge in [0.1, 0.15) is 28.5 Å². The first kappa shape index (κ1) is 17.2. The minimum Gasteiger partial charge on any atom is -0.469 e. The van der Waals surface area contributed by atoms with E-state index in [9.17, 15) is 14.4 Å². The highest BCUT2D eigenvalue weighted by Crippen LogP contribution is 2.49. The topological polar surface area (TPSA) is 88.8 Å². The van der Waals surface area contributed by atoms with E-state index in [1.807, 2.05) is 13.8 Å². The number of carbonyl (C=O) groups excluding carboxylic acids is 3. The molecular weight excluding hydrogens is 356 g/mol. The summed E-state index contributed by atoms with van der Waals surface area (Å²) in [5.74, 6) is 0.207. The molecule has 0 radical (unpaired) electrons. The Morgan fingerprint density at radius 3 is 2.81 bits per heavy atom. The summed E-state index contributed by atoms with van der Waals surface area (Å²) in [5.41, 5.74) is 0.694. The maximum Gasteiger partial charge on any atom is 0.356 e. The second-order valence-electron chi connectivity index (χ2n) is 6.63. The molecule has 8 heteroatoms. The van der Waals surface area contributed by atoms with Crippen LogP contribution in [0.15, 0.2) is 34.1 Å². The van der Waals surface area contributed by atoms with Crippen molar-refractivity contribution in [2.24, 2.45) is 0 Å². The standard InChI is InChI=1S/C18H20N2O5S/c1-3-18(4-2)11-9-26-16-13(15(22)20(16)14(11)17(23)25-18)19-12(21)8-10-6-5-7-24-10/h5-7,13,16H,3-4,8-9H2,1-2H3,(H,19,21)/t13?,16-/m0/s1. The van der Waals surface area contributed by atoms with Crippen LogP contribution in [0.2, 0.25) is 0 Å². The third kappa shape index (κ3) is 2.39. The molecule has 1 saturated heterocycles. The number of thioether (sulfide) groups is 1. The Morgan fingerprint density at radius 2 is 2.15 bits per heavy atom. The zero-order valence-electron chi connectivity index (χ0n) is 14.6. The average Bonchev–Trinajstić information content (AvgIpc) is 3.25. The van der Waals surface area contributed by atoms with Crippen molar-refractivity contribution in [2.45, 2.75) is 50.1 Å². The summed E-state index contributed by atoms with van der Waals surface area (Å²) in [4.78, 5) is 38.7. The molecule has 26 heavy (non-hydrogen) atoms. The van der Waals surface area contributed by atoms with Crippen LogP contribution in [0.25, 0.3) is 0 Å². The molecular formula is C18H20N2O5S. The second-order valence-corrected chi connectivity index (χ2v) is 7.73. The lowest BCUT2D eigenvalue weighted by atomic mass is 9.88. The summed E-state index contributed by atoms with van der Waals surface area (Å²) in [6.45, 7) is 3.97. The molecule has 2 atom stereocenters. The fourth-order valence-corrected chi connectivity index (χ4v) is 5.33. The molecule has 7 nitrogen and oxygen atoms in total. The van der Waals surface area contributed by atoms with Crippen LogP contribution in [0.4, 0.5) is 0 Å². The molecule has 1 N–H and O–H groups in total. The van der Waals surface area contributed by atoms with Gasteiger partial charge in [-0.3, -0.25) is 14.5 Å². The first-order chi connectivity index (χ1) is 12.5. The van der Waals surface area contributed by atoms with Crippen molar-refractivity contribution in [1.82, 2.24) is 10.2 Å². The van der Waals surface area contributed by atoms with Gasteiger partial charge in [-0.1, -0.05) is 13.8 Å². The highest BCUT2D eigenvalue weighted by atomic mass is 32.2. The summed E-state index contributed by atoms with van der Waals surface area (Å²) in [6, 6.07) is 2.80. The maximum atomic E-state index is 12.6. The van der Waals surface area contributed by atoms with Crippen LogP contribution in [-0.2, 0) is 25.5 Å². The Balaban J connectivity index is 1.51. The summed E-state index contributed by atoms with van der Waals surface area (Å²) in [7, 11) is 0. The fourth-order valence-electron chi connectivity index (χ4n) is 3.86. The van der Waals surface area contributed by atoms with Gasteiger partial charge in [0, 0.05) is 11.3 Å². The lowest BCUT2D eigenvalue weighted by molar-refractivity contribution is -0.154. The van der Waals surface area contributed by atoms with Gasteiger partial charge in [0.2, 0.25) is 5.91 Å². The number of cyclic esters (lactones) is 1. The third-order valence-corrected chi connectivity index (χ3v) is 6.65. The van der Waals surface area contributed by atoms with Gasteiger partial charge >= 0.3 is 5.97 Å². The monoisotopic (exact) mass is 376 g/mol. The van der Waals surface area contributed by atoms with E-state index in [0.29, 0.717) is 30.1 Å². The van der Waals surface area contributed by atoms with E-state index in [1.54, 1.807) is 23.9 Å². The van der Waals surface area contributed by atoms with Crippen molar-refractivity contribution in [2.75, 3.05) is 5.75 Å². The van der Waals surface area contributed by atoms with Gasteiger partial charge < -0.3 is 14.5 Å². The molecule has 1 unspecified atom stereocenters. The lowest BCUT2D eigenvalue weighted by Gasteiger charge is -2.49. The minimum atomic E-state index is -0.623. The Kier molecular flexibility index (Phi) is 4.10. The van der Waals surface area contributed by atoms with E-state index in [1.165, 1.54) is 11.2 Å². The van der Waals surface area contributed by atoms with Crippen molar-refractivity contribution in [1.29, 1.82) is 0 Å². The number of β-lactam (4-membered cyclic amide) rings is 1. The average molecular weight is 376 g/mol. The number of hydrogen-bond donors (Lipinski definition) is 1. The molecule has 2 amide bonds. The fraction of sp³-hybridized carbons (Fsp3) is 0.500. The summed E-state index contributed by atoms with van der Waals surface area (Å²) in [6.07, 6.45) is 2.96. The molecule has 1 fully saturated rings. The van der Waals surface area contributed by atoms with Crippen LogP contribution in [0, 0.1) is 0 Å². The van der Waals surface area contributed by atoms with Crippen molar-refractivity contribution < 1.29 is 23.5 Å². The molecule has 0 bridgehead atoms. The number of nitrogens with one attached hydrogen (secondary N) is 1. The number of esters is 1. The van der Waals surface area contributed by atoms with Crippen molar-refractivity contribution in [3.63, 3.8) is 0 Å². The zero-order chi connectivity index (χ0) is 18.5. The number of furan rings is 1. The number of ether oxygens (including phenoxy) is 1. The van der Waals surface area contributed by atoms with Gasteiger partial charge in [-0.2, -0.15) is 0 Å². The van der Waals surface area contributed by atoms with Crippen LogP contribution >= 0.6 is 11.8 Å². The minimum absolute atomic E-state index is 0.0823. The molecule has 0 spiro atoms. The second kappa shape index (κ2) is 6.19. The molecule has 0 saturated carbocycles. The van der Waals surface area contributed by atoms with Gasteiger partial charge in [-0.05, 0) is 25.0 Å². The number of amides is 2. The van der Waals surface area contributed by atoms with E-state index in [2.05, 4.69) is 5.32 Å². The molecule has 4 rings (SSSR count). The van der Waals surface area contributed by atoms with Crippen molar-refractivity contribution >= 4 is 29.5 Å². The van der Waals surface area contributed by atoms with E-state index < -0.39 is 17.6 Å². The Labute approximate surface area is 155 Å². The molecule has 1 aromatic rings. The van der Waals surface area contributed by atoms with Gasteiger partial charge in [-0.25, -0.2) is 4.79 Å². The normalized spacial score (nSPS) is 26.2. The lowest BCUT2D eigenvalue weighted by Crippen LogP contribution is -2.70.